The van der Waals surface area contributed by atoms with Gasteiger partial charge in [-0.15, -0.1) is 0 Å². The van der Waals surface area contributed by atoms with Crippen molar-refractivity contribution in [1.82, 2.24) is 16.0 Å². The van der Waals surface area contributed by atoms with E-state index in [1.54, 1.807) is 6.07 Å². The molecular weight excluding hydrogens is 306 g/mol. The van der Waals surface area contributed by atoms with Crippen molar-refractivity contribution >= 4 is 29.4 Å². The van der Waals surface area contributed by atoms with E-state index in [1.165, 1.54) is 0 Å². The highest BCUT2D eigenvalue weighted by molar-refractivity contribution is 6.30. The zero-order chi connectivity index (χ0) is 15.7. The zero-order valence-corrected chi connectivity index (χ0v) is 12.6. The predicted molar refractivity (Wildman–Crippen MR) is 80.2 cm³/mol. The summed E-state index contributed by atoms with van der Waals surface area (Å²) in [6.45, 7) is 0. The SMILES string of the molecule is O=C(CC[C@H]1NC(=O)NC1=O)NC1(c2cccc(Cl)c2)CC1. The summed E-state index contributed by atoms with van der Waals surface area (Å²) in [7, 11) is 0. The van der Waals surface area contributed by atoms with Crippen molar-refractivity contribution in [2.75, 3.05) is 0 Å². The molecule has 1 heterocycles. The molecule has 1 aromatic carbocycles. The molecule has 1 atom stereocenters. The van der Waals surface area contributed by atoms with Gasteiger partial charge in [0.15, 0.2) is 0 Å². The van der Waals surface area contributed by atoms with E-state index in [1.807, 2.05) is 18.2 Å². The average Bonchev–Trinajstić information content (AvgIpc) is 3.16. The van der Waals surface area contributed by atoms with Gasteiger partial charge in [-0.05, 0) is 37.0 Å². The summed E-state index contributed by atoms with van der Waals surface area (Å²) in [6.07, 6.45) is 2.22. The molecule has 1 aliphatic heterocycles. The van der Waals surface area contributed by atoms with Crippen LogP contribution in [0.4, 0.5) is 4.79 Å². The summed E-state index contributed by atoms with van der Waals surface area (Å²) in [5.74, 6) is -0.514. The van der Waals surface area contributed by atoms with Gasteiger partial charge in [0.25, 0.3) is 5.91 Å². The molecule has 0 aromatic heterocycles. The van der Waals surface area contributed by atoms with Crippen molar-refractivity contribution < 1.29 is 14.4 Å². The molecule has 6 nitrogen and oxygen atoms in total. The van der Waals surface area contributed by atoms with E-state index < -0.39 is 12.1 Å². The minimum Gasteiger partial charge on any atom is -0.347 e. The molecule has 1 aliphatic carbocycles. The van der Waals surface area contributed by atoms with Crippen LogP contribution in [0.3, 0.4) is 0 Å². The van der Waals surface area contributed by atoms with Crippen LogP contribution in [0.5, 0.6) is 0 Å². The fourth-order valence-electron chi connectivity index (χ4n) is 2.66. The first-order valence-electron chi connectivity index (χ1n) is 7.17. The third-order valence-electron chi connectivity index (χ3n) is 4.02. The van der Waals surface area contributed by atoms with Gasteiger partial charge in [0.2, 0.25) is 5.91 Å². The quantitative estimate of drug-likeness (QED) is 0.717. The second-order valence-corrected chi connectivity index (χ2v) is 6.13. The lowest BCUT2D eigenvalue weighted by molar-refractivity contribution is -0.123. The van der Waals surface area contributed by atoms with Crippen molar-refractivity contribution in [2.45, 2.75) is 37.3 Å². The number of carbonyl (C=O) groups is 3. The molecule has 0 spiro atoms. The van der Waals surface area contributed by atoms with Gasteiger partial charge in [0, 0.05) is 11.4 Å². The summed E-state index contributed by atoms with van der Waals surface area (Å²) >= 11 is 5.99. The first-order chi connectivity index (χ1) is 10.5. The van der Waals surface area contributed by atoms with Crippen molar-refractivity contribution in [1.29, 1.82) is 0 Å². The molecular formula is C15H16ClN3O3. The maximum absolute atomic E-state index is 12.1. The smallest absolute Gasteiger partial charge is 0.322 e. The van der Waals surface area contributed by atoms with Gasteiger partial charge in [-0.3, -0.25) is 14.9 Å². The van der Waals surface area contributed by atoms with Crippen LogP contribution in [0.25, 0.3) is 0 Å². The maximum Gasteiger partial charge on any atom is 0.322 e. The molecule has 116 valence electrons. The maximum atomic E-state index is 12.1. The lowest BCUT2D eigenvalue weighted by Crippen LogP contribution is -2.36. The number of amides is 4. The standard InChI is InChI=1S/C15H16ClN3O3/c16-10-3-1-2-9(8-10)15(6-7-15)19-12(20)5-4-11-13(21)18-14(22)17-11/h1-3,8,11H,4-7H2,(H,19,20)(H2,17,18,21,22)/t11-/m1/s1. The molecule has 0 bridgehead atoms. The highest BCUT2D eigenvalue weighted by Gasteiger charge is 2.45. The van der Waals surface area contributed by atoms with E-state index in [0.29, 0.717) is 5.02 Å². The number of hydrogen-bond acceptors (Lipinski definition) is 3. The third kappa shape index (κ3) is 3.06. The van der Waals surface area contributed by atoms with E-state index in [4.69, 9.17) is 11.6 Å². The summed E-state index contributed by atoms with van der Waals surface area (Å²) in [5.41, 5.74) is 0.670. The topological polar surface area (TPSA) is 87.3 Å². The normalized spacial score (nSPS) is 22.0. The van der Waals surface area contributed by atoms with E-state index in [2.05, 4.69) is 16.0 Å². The van der Waals surface area contributed by atoms with E-state index in [0.717, 1.165) is 18.4 Å². The summed E-state index contributed by atoms with van der Waals surface area (Å²) in [4.78, 5) is 34.5. The van der Waals surface area contributed by atoms with Crippen molar-refractivity contribution in [2.24, 2.45) is 0 Å². The summed E-state index contributed by atoms with van der Waals surface area (Å²) in [6, 6.07) is 6.34. The van der Waals surface area contributed by atoms with Crippen molar-refractivity contribution in [3.8, 4) is 0 Å². The lowest BCUT2D eigenvalue weighted by atomic mass is 10.0. The van der Waals surface area contributed by atoms with Crippen LogP contribution in [-0.4, -0.2) is 23.9 Å². The number of benzene rings is 1. The minimum atomic E-state index is -0.625. The molecule has 2 aliphatic rings. The van der Waals surface area contributed by atoms with Crippen LogP contribution in [0.2, 0.25) is 5.02 Å². The van der Waals surface area contributed by atoms with Crippen molar-refractivity contribution in [3.05, 3.63) is 34.9 Å². The van der Waals surface area contributed by atoms with Crippen LogP contribution in [0.1, 0.15) is 31.2 Å². The van der Waals surface area contributed by atoms with Gasteiger partial charge >= 0.3 is 6.03 Å². The van der Waals surface area contributed by atoms with Gasteiger partial charge < -0.3 is 10.6 Å². The van der Waals surface area contributed by atoms with Crippen molar-refractivity contribution in [3.63, 3.8) is 0 Å². The minimum absolute atomic E-state index is 0.133. The van der Waals surface area contributed by atoms with Gasteiger partial charge in [0.1, 0.15) is 6.04 Å². The second-order valence-electron chi connectivity index (χ2n) is 5.69. The van der Waals surface area contributed by atoms with E-state index in [-0.39, 0.29) is 30.2 Å². The van der Waals surface area contributed by atoms with Crippen LogP contribution >= 0.6 is 11.6 Å². The van der Waals surface area contributed by atoms with Gasteiger partial charge in [-0.2, -0.15) is 0 Å². The molecule has 7 heteroatoms. The monoisotopic (exact) mass is 321 g/mol. The second kappa shape index (κ2) is 5.61. The van der Waals surface area contributed by atoms with Gasteiger partial charge in [-0.1, -0.05) is 23.7 Å². The molecule has 1 saturated carbocycles. The Bertz CT molecular complexity index is 643. The van der Waals surface area contributed by atoms with Gasteiger partial charge in [0.05, 0.1) is 5.54 Å². The number of hydrogen-bond donors (Lipinski definition) is 3. The van der Waals surface area contributed by atoms with Crippen LogP contribution in [0, 0.1) is 0 Å². The molecule has 1 saturated heterocycles. The third-order valence-corrected chi connectivity index (χ3v) is 4.26. The Morgan fingerprint density at radius 1 is 1.36 bits per heavy atom. The fourth-order valence-corrected chi connectivity index (χ4v) is 2.85. The van der Waals surface area contributed by atoms with Gasteiger partial charge in [-0.25, -0.2) is 4.79 Å². The number of nitrogens with one attached hydrogen (secondary N) is 3. The lowest BCUT2D eigenvalue weighted by Gasteiger charge is -2.18. The van der Waals surface area contributed by atoms with Crippen LogP contribution in [0.15, 0.2) is 24.3 Å². The van der Waals surface area contributed by atoms with E-state index >= 15 is 0 Å². The number of urea groups is 1. The number of halogens is 1. The first kappa shape index (κ1) is 14.8. The molecule has 0 unspecified atom stereocenters. The Hall–Kier alpha value is -2.08. The Morgan fingerprint density at radius 3 is 2.73 bits per heavy atom. The Morgan fingerprint density at radius 2 is 2.14 bits per heavy atom. The highest BCUT2D eigenvalue weighted by atomic mass is 35.5. The number of carbonyl (C=O) groups excluding carboxylic acids is 3. The largest absolute Gasteiger partial charge is 0.347 e. The molecule has 3 rings (SSSR count). The Labute approximate surface area is 132 Å². The summed E-state index contributed by atoms with van der Waals surface area (Å²) in [5, 5.41) is 8.29. The molecule has 0 radical (unpaired) electrons. The Kier molecular flexibility index (Phi) is 3.78. The molecule has 1 aromatic rings. The Balaban J connectivity index is 1.56. The fraction of sp³-hybridized carbons (Fsp3) is 0.400. The number of rotatable bonds is 5. The highest BCUT2D eigenvalue weighted by Crippen LogP contribution is 2.46. The molecule has 22 heavy (non-hydrogen) atoms. The first-order valence-corrected chi connectivity index (χ1v) is 7.55. The van der Waals surface area contributed by atoms with Crippen LogP contribution < -0.4 is 16.0 Å². The predicted octanol–water partition coefficient (Wildman–Crippen LogP) is 1.43. The molecule has 3 N–H and O–H groups in total. The zero-order valence-electron chi connectivity index (χ0n) is 11.8. The number of imide groups is 1. The molecule has 4 amide bonds. The van der Waals surface area contributed by atoms with Crippen LogP contribution in [-0.2, 0) is 15.1 Å². The molecule has 2 fully saturated rings. The average molecular weight is 322 g/mol. The summed E-state index contributed by atoms with van der Waals surface area (Å²) < 4.78 is 0. The van der Waals surface area contributed by atoms with E-state index in [9.17, 15) is 14.4 Å².